The van der Waals surface area contributed by atoms with Gasteiger partial charge in [-0.1, -0.05) is 11.6 Å². The Bertz CT molecular complexity index is 999. The molecule has 0 aromatic carbocycles. The summed E-state index contributed by atoms with van der Waals surface area (Å²) >= 11 is 6.23. The van der Waals surface area contributed by atoms with Gasteiger partial charge in [-0.25, -0.2) is 4.98 Å². The molecule has 2 fully saturated rings. The number of pyridine rings is 1. The Morgan fingerprint density at radius 3 is 2.76 bits per heavy atom. The second-order valence-corrected chi connectivity index (χ2v) is 8.90. The van der Waals surface area contributed by atoms with E-state index in [9.17, 15) is 14.7 Å². The molecule has 0 bridgehead atoms. The van der Waals surface area contributed by atoms with Gasteiger partial charge in [-0.2, -0.15) is 5.10 Å². The molecule has 33 heavy (non-hydrogen) atoms. The van der Waals surface area contributed by atoms with Crippen LogP contribution in [0, 0.1) is 5.92 Å². The van der Waals surface area contributed by atoms with E-state index in [2.05, 4.69) is 20.5 Å². The number of rotatable bonds is 6. The van der Waals surface area contributed by atoms with Crippen LogP contribution in [0.4, 0.5) is 0 Å². The van der Waals surface area contributed by atoms with Gasteiger partial charge in [0.15, 0.2) is 0 Å². The number of methoxy groups -OCH3 is 1. The maximum absolute atomic E-state index is 12.9. The molecule has 2 aliphatic heterocycles. The highest BCUT2D eigenvalue weighted by Crippen LogP contribution is 2.29. The number of carbonyl (C=O) groups is 2. The Morgan fingerprint density at radius 1 is 1.33 bits per heavy atom. The van der Waals surface area contributed by atoms with Crippen LogP contribution in [-0.4, -0.2) is 82.6 Å². The SMILES string of the molecule is COc1cc(-c2cc(C(=O)N3CCC(C(=O)NCC4(O)CCOCC4)CC3)[nH]n2)c(Cl)cn1. The van der Waals surface area contributed by atoms with Gasteiger partial charge in [0.2, 0.25) is 11.8 Å². The molecule has 2 aliphatic rings. The molecule has 11 heteroatoms. The highest BCUT2D eigenvalue weighted by Gasteiger charge is 2.33. The summed E-state index contributed by atoms with van der Waals surface area (Å²) in [6.07, 6.45) is 3.64. The number of H-pyrrole nitrogens is 1. The smallest absolute Gasteiger partial charge is 0.271 e. The molecule has 2 aromatic heterocycles. The molecular weight excluding hydrogens is 450 g/mol. The van der Waals surface area contributed by atoms with Crippen LogP contribution in [0.15, 0.2) is 18.3 Å². The van der Waals surface area contributed by atoms with Crippen molar-refractivity contribution in [2.24, 2.45) is 5.92 Å². The molecule has 3 N–H and O–H groups in total. The van der Waals surface area contributed by atoms with Crippen LogP contribution >= 0.6 is 11.6 Å². The van der Waals surface area contributed by atoms with Crippen molar-refractivity contribution < 1.29 is 24.2 Å². The zero-order valence-corrected chi connectivity index (χ0v) is 19.2. The quantitative estimate of drug-likeness (QED) is 0.576. The topological polar surface area (TPSA) is 130 Å². The fraction of sp³-hybridized carbons (Fsp3) is 0.545. The van der Waals surface area contributed by atoms with Crippen LogP contribution < -0.4 is 10.1 Å². The molecular formula is C22H28ClN5O5. The Hall–Kier alpha value is -2.69. The van der Waals surface area contributed by atoms with Crippen molar-refractivity contribution >= 4 is 23.4 Å². The van der Waals surface area contributed by atoms with E-state index in [-0.39, 0.29) is 24.3 Å². The van der Waals surface area contributed by atoms with Crippen molar-refractivity contribution in [3.05, 3.63) is 29.0 Å². The van der Waals surface area contributed by atoms with E-state index in [0.29, 0.717) is 79.8 Å². The van der Waals surface area contributed by atoms with Crippen LogP contribution in [0.25, 0.3) is 11.3 Å². The molecule has 2 saturated heterocycles. The van der Waals surface area contributed by atoms with Crippen LogP contribution in [0.3, 0.4) is 0 Å². The summed E-state index contributed by atoms with van der Waals surface area (Å²) in [4.78, 5) is 31.3. The first-order valence-corrected chi connectivity index (χ1v) is 11.4. The maximum Gasteiger partial charge on any atom is 0.271 e. The number of halogens is 1. The van der Waals surface area contributed by atoms with Crippen molar-refractivity contribution in [3.63, 3.8) is 0 Å². The highest BCUT2D eigenvalue weighted by atomic mass is 35.5. The number of hydrogen-bond acceptors (Lipinski definition) is 7. The standard InChI is InChI=1S/C22H28ClN5O5/c1-32-19-10-15(16(23)12-24-19)17-11-18(27-26-17)21(30)28-6-2-14(3-7-28)20(29)25-13-22(31)4-8-33-9-5-22/h10-12,14,31H,2-9,13H2,1H3,(H,25,29)(H,26,27). The van der Waals surface area contributed by atoms with Crippen molar-refractivity contribution in [1.29, 1.82) is 0 Å². The van der Waals surface area contributed by atoms with Crippen LogP contribution in [-0.2, 0) is 9.53 Å². The molecule has 0 unspecified atom stereocenters. The summed E-state index contributed by atoms with van der Waals surface area (Å²) < 4.78 is 10.4. The highest BCUT2D eigenvalue weighted by molar-refractivity contribution is 6.33. The zero-order valence-electron chi connectivity index (χ0n) is 18.5. The minimum absolute atomic E-state index is 0.0767. The van der Waals surface area contributed by atoms with Gasteiger partial charge in [0.25, 0.3) is 5.91 Å². The number of likely N-dealkylation sites (tertiary alicyclic amines) is 1. The van der Waals surface area contributed by atoms with E-state index in [1.54, 1.807) is 17.0 Å². The molecule has 0 atom stereocenters. The normalized spacial score (nSPS) is 18.7. The number of piperidine rings is 1. The average Bonchev–Trinajstić information content (AvgIpc) is 3.33. The molecule has 2 amide bonds. The Balaban J connectivity index is 1.31. The lowest BCUT2D eigenvalue weighted by Gasteiger charge is -2.34. The number of hydrogen-bond donors (Lipinski definition) is 3. The van der Waals surface area contributed by atoms with E-state index in [0.717, 1.165) is 0 Å². The number of amides is 2. The van der Waals surface area contributed by atoms with Gasteiger partial charge >= 0.3 is 0 Å². The molecule has 4 heterocycles. The first-order valence-electron chi connectivity index (χ1n) is 11.0. The van der Waals surface area contributed by atoms with Crippen LogP contribution in [0.1, 0.15) is 36.2 Å². The lowest BCUT2D eigenvalue weighted by Crippen LogP contribution is -2.49. The Morgan fingerprint density at radius 2 is 2.06 bits per heavy atom. The van der Waals surface area contributed by atoms with E-state index in [4.69, 9.17) is 21.1 Å². The number of ether oxygens (including phenoxy) is 2. The fourth-order valence-corrected chi connectivity index (χ4v) is 4.34. The molecule has 0 radical (unpaired) electrons. The average molecular weight is 478 g/mol. The Kier molecular flexibility index (Phi) is 7.16. The van der Waals surface area contributed by atoms with Crippen LogP contribution in [0.5, 0.6) is 5.88 Å². The zero-order chi connectivity index (χ0) is 23.4. The second kappa shape index (κ2) is 10.1. The predicted molar refractivity (Wildman–Crippen MR) is 120 cm³/mol. The van der Waals surface area contributed by atoms with E-state index < -0.39 is 5.60 Å². The molecule has 4 rings (SSSR count). The van der Waals surface area contributed by atoms with Crippen molar-refractivity contribution in [2.45, 2.75) is 31.3 Å². The summed E-state index contributed by atoms with van der Waals surface area (Å²) in [5, 5.41) is 20.8. The Labute approximate surface area is 196 Å². The molecule has 0 saturated carbocycles. The van der Waals surface area contributed by atoms with Gasteiger partial charge in [-0.15, -0.1) is 0 Å². The third-order valence-corrected chi connectivity index (χ3v) is 6.59. The van der Waals surface area contributed by atoms with Gasteiger partial charge in [-0.05, 0) is 18.9 Å². The summed E-state index contributed by atoms with van der Waals surface area (Å²) in [5.41, 5.74) is 0.580. The third kappa shape index (κ3) is 5.45. The van der Waals surface area contributed by atoms with E-state index in [1.807, 2.05) is 0 Å². The molecule has 178 valence electrons. The number of nitrogens with zero attached hydrogens (tertiary/aromatic N) is 3. The largest absolute Gasteiger partial charge is 0.481 e. The monoisotopic (exact) mass is 477 g/mol. The molecule has 2 aromatic rings. The fourth-order valence-electron chi connectivity index (χ4n) is 4.14. The second-order valence-electron chi connectivity index (χ2n) is 8.49. The predicted octanol–water partition coefficient (Wildman–Crippen LogP) is 1.64. The van der Waals surface area contributed by atoms with Crippen molar-refractivity contribution in [1.82, 2.24) is 25.4 Å². The number of aromatic amines is 1. The number of aromatic nitrogens is 3. The van der Waals surface area contributed by atoms with Crippen molar-refractivity contribution in [2.75, 3.05) is 40.0 Å². The van der Waals surface area contributed by atoms with Crippen LogP contribution in [0.2, 0.25) is 5.02 Å². The first kappa shape index (κ1) is 23.5. The van der Waals surface area contributed by atoms with Gasteiger partial charge in [-0.3, -0.25) is 14.7 Å². The van der Waals surface area contributed by atoms with E-state index >= 15 is 0 Å². The van der Waals surface area contributed by atoms with Gasteiger partial charge in [0, 0.05) is 63.2 Å². The summed E-state index contributed by atoms with van der Waals surface area (Å²) in [5.74, 6) is -0.0409. The van der Waals surface area contributed by atoms with Gasteiger partial charge < -0.3 is 24.8 Å². The minimum Gasteiger partial charge on any atom is -0.481 e. The summed E-state index contributed by atoms with van der Waals surface area (Å²) in [6.45, 7) is 2.17. The number of nitrogens with one attached hydrogen (secondary N) is 2. The van der Waals surface area contributed by atoms with Gasteiger partial charge in [0.05, 0.1) is 29.6 Å². The third-order valence-electron chi connectivity index (χ3n) is 6.29. The minimum atomic E-state index is -0.898. The lowest BCUT2D eigenvalue weighted by atomic mass is 9.92. The molecule has 10 nitrogen and oxygen atoms in total. The molecule has 0 aliphatic carbocycles. The maximum atomic E-state index is 12.9. The first-order chi connectivity index (χ1) is 15.9. The number of carbonyl (C=O) groups excluding carboxylic acids is 2. The summed E-state index contributed by atoms with van der Waals surface area (Å²) in [7, 11) is 1.51. The number of aliphatic hydroxyl groups is 1. The van der Waals surface area contributed by atoms with Crippen molar-refractivity contribution in [3.8, 4) is 17.1 Å². The van der Waals surface area contributed by atoms with E-state index in [1.165, 1.54) is 13.3 Å². The lowest BCUT2D eigenvalue weighted by molar-refractivity contribution is -0.129. The summed E-state index contributed by atoms with van der Waals surface area (Å²) in [6, 6.07) is 3.31. The molecule has 0 spiro atoms. The van der Waals surface area contributed by atoms with Gasteiger partial charge in [0.1, 0.15) is 5.69 Å².